The number of H-pyrrole nitrogens is 1. The van der Waals surface area contributed by atoms with Gasteiger partial charge in [0.1, 0.15) is 11.1 Å². The van der Waals surface area contributed by atoms with Gasteiger partial charge in [0.25, 0.3) is 5.91 Å². The molecule has 3 aromatic heterocycles. The Bertz CT molecular complexity index is 1570. The van der Waals surface area contributed by atoms with Crippen LogP contribution in [-0.4, -0.2) is 64.5 Å². The molecule has 1 unspecified atom stereocenters. The maximum absolute atomic E-state index is 13.3. The molecular formula is C22H26ClN9O3S. The normalized spacial score (nSPS) is 17.5. The van der Waals surface area contributed by atoms with Crippen LogP contribution in [0, 0.1) is 0 Å². The molecule has 12 nitrogen and oxygen atoms in total. The van der Waals surface area contributed by atoms with Crippen molar-refractivity contribution < 1.29 is 13.2 Å². The van der Waals surface area contributed by atoms with Gasteiger partial charge in [-0.25, -0.2) is 22.6 Å². The second kappa shape index (κ2) is 9.22. The molecule has 0 saturated carbocycles. The lowest BCUT2D eigenvalue weighted by atomic mass is 9.99. The predicted octanol–water partition coefficient (Wildman–Crippen LogP) is 1.85. The maximum atomic E-state index is 13.3. The van der Waals surface area contributed by atoms with Crippen LogP contribution in [0.4, 0.5) is 11.5 Å². The lowest BCUT2D eigenvalue weighted by Gasteiger charge is -2.36. The number of nitrogen functional groups attached to an aromatic ring is 1. The van der Waals surface area contributed by atoms with Crippen molar-refractivity contribution >= 4 is 55.6 Å². The molecule has 1 fully saturated rings. The number of piperidine rings is 1. The van der Waals surface area contributed by atoms with Crippen molar-refractivity contribution in [3.63, 3.8) is 0 Å². The van der Waals surface area contributed by atoms with Crippen LogP contribution in [-0.2, 0) is 10.0 Å². The molecule has 36 heavy (non-hydrogen) atoms. The summed E-state index contributed by atoms with van der Waals surface area (Å²) in [7, 11) is -3.36. The predicted molar refractivity (Wildman–Crippen MR) is 138 cm³/mol. The maximum Gasteiger partial charge on any atom is 0.259 e. The summed E-state index contributed by atoms with van der Waals surface area (Å²) in [6.45, 7) is 3.00. The molecule has 1 saturated heterocycles. The van der Waals surface area contributed by atoms with Crippen LogP contribution in [0.25, 0.3) is 16.6 Å². The van der Waals surface area contributed by atoms with Crippen LogP contribution in [0.2, 0.25) is 5.02 Å². The first-order valence-electron chi connectivity index (χ1n) is 11.4. The van der Waals surface area contributed by atoms with Crippen LogP contribution in [0.3, 0.4) is 0 Å². The highest BCUT2D eigenvalue weighted by atomic mass is 35.5. The summed E-state index contributed by atoms with van der Waals surface area (Å²) in [6, 6.07) is 2.76. The molecule has 14 heteroatoms. The summed E-state index contributed by atoms with van der Waals surface area (Å²) in [6.07, 6.45) is 7.62. The van der Waals surface area contributed by atoms with Gasteiger partial charge in [0.05, 0.1) is 23.0 Å². The molecule has 0 radical (unpaired) electrons. The zero-order valence-electron chi connectivity index (χ0n) is 19.7. The van der Waals surface area contributed by atoms with E-state index in [1.807, 2.05) is 13.0 Å². The first-order chi connectivity index (χ1) is 17.1. The van der Waals surface area contributed by atoms with Crippen molar-refractivity contribution in [3.05, 3.63) is 46.9 Å². The van der Waals surface area contributed by atoms with E-state index in [0.717, 1.165) is 35.7 Å². The zero-order valence-corrected chi connectivity index (χ0v) is 21.3. The molecule has 190 valence electrons. The van der Waals surface area contributed by atoms with Gasteiger partial charge in [-0.2, -0.15) is 5.10 Å². The Kier molecular flexibility index (Phi) is 6.22. The molecule has 4 heterocycles. The van der Waals surface area contributed by atoms with E-state index in [2.05, 4.69) is 35.2 Å². The molecule has 1 aromatic carbocycles. The molecule has 5 N–H and O–H groups in total. The fourth-order valence-corrected chi connectivity index (χ4v) is 5.84. The minimum absolute atomic E-state index is 0.0742. The second-order valence-corrected chi connectivity index (χ2v) is 11.1. The van der Waals surface area contributed by atoms with Crippen molar-refractivity contribution in [3.8, 4) is 0 Å². The first kappa shape index (κ1) is 24.3. The molecule has 4 aromatic rings. The highest BCUT2D eigenvalue weighted by Crippen LogP contribution is 2.39. The standard InChI is InChI=1S/C22H26ClN9O3S/c1-12(27-22(33)17-20(24)29-32-8-4-6-25-21(17)32)14-9-16(23)15-10-26-28-18(15)19(14)31-7-3-5-13(11-31)30-36(2,34)35/h4,6,8-10,12-13,30H,3,5,7,11H2,1-2H3,(H2,24,29)(H,26,28)(H,27,33)/t12?,13-/m0/s1. The van der Waals surface area contributed by atoms with Crippen molar-refractivity contribution in [2.75, 3.05) is 30.0 Å². The van der Waals surface area contributed by atoms with Crippen molar-refractivity contribution in [2.24, 2.45) is 0 Å². The lowest BCUT2D eigenvalue weighted by Crippen LogP contribution is -2.48. The van der Waals surface area contributed by atoms with E-state index in [1.54, 1.807) is 24.7 Å². The van der Waals surface area contributed by atoms with E-state index < -0.39 is 22.0 Å². The third-order valence-electron chi connectivity index (χ3n) is 6.26. The van der Waals surface area contributed by atoms with E-state index in [-0.39, 0.29) is 17.4 Å². The summed E-state index contributed by atoms with van der Waals surface area (Å²) in [5.74, 6) is -0.349. The molecule has 0 spiro atoms. The number of nitrogens with two attached hydrogens (primary N) is 1. The number of hydrogen-bond acceptors (Lipinski definition) is 8. The Balaban J connectivity index is 1.51. The molecule has 0 bridgehead atoms. The van der Waals surface area contributed by atoms with Gasteiger partial charge in [0, 0.05) is 48.7 Å². The Morgan fingerprint density at radius 2 is 2.19 bits per heavy atom. The number of amides is 1. The Morgan fingerprint density at radius 1 is 1.39 bits per heavy atom. The zero-order chi connectivity index (χ0) is 25.6. The summed E-state index contributed by atoms with van der Waals surface area (Å²) < 4.78 is 27.9. The summed E-state index contributed by atoms with van der Waals surface area (Å²) in [4.78, 5) is 19.6. The Hall–Kier alpha value is -3.42. The van der Waals surface area contributed by atoms with Crippen molar-refractivity contribution in [1.29, 1.82) is 0 Å². The van der Waals surface area contributed by atoms with E-state index in [9.17, 15) is 13.2 Å². The van der Waals surface area contributed by atoms with E-state index in [0.29, 0.717) is 29.3 Å². The van der Waals surface area contributed by atoms with E-state index >= 15 is 0 Å². The monoisotopic (exact) mass is 531 g/mol. The topological polar surface area (TPSA) is 163 Å². The average molecular weight is 532 g/mol. The highest BCUT2D eigenvalue weighted by Gasteiger charge is 2.29. The number of halogens is 1. The number of rotatable bonds is 6. The molecule has 1 amide bonds. The van der Waals surface area contributed by atoms with E-state index in [4.69, 9.17) is 17.3 Å². The van der Waals surface area contributed by atoms with Gasteiger partial charge in [-0.3, -0.25) is 9.89 Å². The summed E-state index contributed by atoms with van der Waals surface area (Å²) >= 11 is 6.59. The molecule has 0 aliphatic carbocycles. The third-order valence-corrected chi connectivity index (χ3v) is 7.33. The third kappa shape index (κ3) is 4.56. The minimum Gasteiger partial charge on any atom is -0.381 e. The van der Waals surface area contributed by atoms with Crippen LogP contribution < -0.4 is 20.7 Å². The molecule has 5 rings (SSSR count). The number of nitrogens with zero attached hydrogens (tertiary/aromatic N) is 5. The second-order valence-electron chi connectivity index (χ2n) is 8.96. The van der Waals surface area contributed by atoms with Crippen molar-refractivity contribution in [2.45, 2.75) is 31.8 Å². The number of fused-ring (bicyclic) bond motifs is 2. The molecule has 1 aliphatic rings. The van der Waals surface area contributed by atoms with Gasteiger partial charge in [-0.05, 0) is 31.9 Å². The van der Waals surface area contributed by atoms with Crippen LogP contribution in [0.5, 0.6) is 0 Å². The smallest absolute Gasteiger partial charge is 0.259 e. The van der Waals surface area contributed by atoms with Crippen molar-refractivity contribution in [1.82, 2.24) is 34.8 Å². The van der Waals surface area contributed by atoms with Gasteiger partial charge in [0.2, 0.25) is 10.0 Å². The SMILES string of the molecule is CC(NC(=O)c1c(N)nn2cccnc12)c1cc(Cl)c2c[nH]nc2c1N1CCC[C@H](NS(C)(=O)=O)C1. The molecule has 2 atom stereocenters. The number of benzene rings is 1. The largest absolute Gasteiger partial charge is 0.381 e. The molecular weight excluding hydrogens is 506 g/mol. The highest BCUT2D eigenvalue weighted by molar-refractivity contribution is 7.88. The number of anilines is 2. The van der Waals surface area contributed by atoms with E-state index in [1.165, 1.54) is 4.52 Å². The van der Waals surface area contributed by atoms with Gasteiger partial charge in [-0.1, -0.05) is 11.6 Å². The van der Waals surface area contributed by atoms with Crippen LogP contribution in [0.1, 0.15) is 41.7 Å². The van der Waals surface area contributed by atoms with Gasteiger partial charge in [-0.15, -0.1) is 5.10 Å². The Labute approximate surface area is 212 Å². The number of sulfonamides is 1. The number of carbonyl (C=O) groups excluding carboxylic acids is 1. The number of aromatic amines is 1. The number of aromatic nitrogens is 5. The number of nitrogens with one attached hydrogen (secondary N) is 3. The number of carbonyl (C=O) groups is 1. The lowest BCUT2D eigenvalue weighted by molar-refractivity contribution is 0.0942. The van der Waals surface area contributed by atoms with Crippen LogP contribution >= 0.6 is 11.6 Å². The van der Waals surface area contributed by atoms with Gasteiger partial charge >= 0.3 is 0 Å². The minimum atomic E-state index is -3.36. The van der Waals surface area contributed by atoms with Crippen LogP contribution in [0.15, 0.2) is 30.7 Å². The first-order valence-corrected chi connectivity index (χ1v) is 13.7. The number of hydrogen-bond donors (Lipinski definition) is 4. The fourth-order valence-electron chi connectivity index (χ4n) is 4.78. The quantitative estimate of drug-likeness (QED) is 0.293. The average Bonchev–Trinajstić information content (AvgIpc) is 3.42. The fraction of sp³-hybridized carbons (Fsp3) is 0.364. The van der Waals surface area contributed by atoms with Gasteiger partial charge < -0.3 is 16.0 Å². The summed E-state index contributed by atoms with van der Waals surface area (Å²) in [5.41, 5.74) is 8.75. The van der Waals surface area contributed by atoms with Gasteiger partial charge in [0.15, 0.2) is 11.5 Å². The molecule has 1 aliphatic heterocycles. The summed E-state index contributed by atoms with van der Waals surface area (Å²) in [5, 5.41) is 15.7. The Morgan fingerprint density at radius 3 is 2.97 bits per heavy atom.